The van der Waals surface area contributed by atoms with Gasteiger partial charge in [-0.3, -0.25) is 0 Å². The maximum Gasteiger partial charge on any atom is 0.165 e. The summed E-state index contributed by atoms with van der Waals surface area (Å²) in [6, 6.07) is 6.02. The number of para-hydroxylation sites is 1. The minimum Gasteiger partial charge on any atom is -0.493 e. The lowest BCUT2D eigenvalue weighted by Crippen LogP contribution is -2.15. The lowest BCUT2D eigenvalue weighted by atomic mass is 10.2. The van der Waals surface area contributed by atoms with E-state index in [1.54, 1.807) is 7.11 Å². The van der Waals surface area contributed by atoms with Crippen LogP contribution < -0.4 is 14.8 Å². The summed E-state index contributed by atoms with van der Waals surface area (Å²) in [6.07, 6.45) is 2.13. The Morgan fingerprint density at radius 2 is 2.00 bits per heavy atom. The Balaban J connectivity index is 2.77. The standard InChI is InChI=1S/C14H23NO2/c1-4-9-15-11-12-7-6-8-13(16-3)14(12)17-10-5-2/h6-8,15H,4-5,9-11H2,1-3H3. The average Bonchev–Trinajstić information content (AvgIpc) is 2.37. The second kappa shape index (κ2) is 7.96. The third-order valence-corrected chi connectivity index (χ3v) is 2.47. The number of benzene rings is 1. The van der Waals surface area contributed by atoms with E-state index >= 15 is 0 Å². The number of ether oxygens (including phenoxy) is 2. The Hall–Kier alpha value is -1.22. The largest absolute Gasteiger partial charge is 0.493 e. The van der Waals surface area contributed by atoms with E-state index in [0.29, 0.717) is 0 Å². The minimum absolute atomic E-state index is 0.723. The van der Waals surface area contributed by atoms with Gasteiger partial charge in [-0.05, 0) is 25.5 Å². The van der Waals surface area contributed by atoms with Crippen LogP contribution in [0.25, 0.3) is 0 Å². The van der Waals surface area contributed by atoms with Gasteiger partial charge in [0.25, 0.3) is 0 Å². The summed E-state index contributed by atoms with van der Waals surface area (Å²) in [5.74, 6) is 1.69. The van der Waals surface area contributed by atoms with Crippen molar-refractivity contribution in [2.45, 2.75) is 33.2 Å². The fourth-order valence-corrected chi connectivity index (χ4v) is 1.63. The Labute approximate surface area is 104 Å². The van der Waals surface area contributed by atoms with Crippen molar-refractivity contribution < 1.29 is 9.47 Å². The molecule has 0 saturated heterocycles. The molecule has 3 heteroatoms. The minimum atomic E-state index is 0.723. The van der Waals surface area contributed by atoms with Gasteiger partial charge in [-0.1, -0.05) is 26.0 Å². The van der Waals surface area contributed by atoms with Crippen LogP contribution in [-0.4, -0.2) is 20.3 Å². The Bertz CT molecular complexity index is 326. The fourth-order valence-electron chi connectivity index (χ4n) is 1.63. The lowest BCUT2D eigenvalue weighted by Gasteiger charge is -2.15. The van der Waals surface area contributed by atoms with Crippen molar-refractivity contribution in [1.82, 2.24) is 5.32 Å². The molecule has 0 fully saturated rings. The van der Waals surface area contributed by atoms with Gasteiger partial charge in [0.1, 0.15) is 0 Å². The van der Waals surface area contributed by atoms with Crippen LogP contribution >= 0.6 is 0 Å². The average molecular weight is 237 g/mol. The van der Waals surface area contributed by atoms with Crippen LogP contribution in [-0.2, 0) is 6.54 Å². The Kier molecular flexibility index (Phi) is 6.48. The Morgan fingerprint density at radius 3 is 2.65 bits per heavy atom. The van der Waals surface area contributed by atoms with Crippen molar-refractivity contribution in [3.05, 3.63) is 23.8 Å². The van der Waals surface area contributed by atoms with Crippen molar-refractivity contribution >= 4 is 0 Å². The third-order valence-electron chi connectivity index (χ3n) is 2.47. The first-order valence-corrected chi connectivity index (χ1v) is 6.32. The maximum atomic E-state index is 5.77. The first-order valence-electron chi connectivity index (χ1n) is 6.32. The van der Waals surface area contributed by atoms with Crippen LogP contribution in [0.15, 0.2) is 18.2 Å². The molecule has 1 rings (SSSR count). The van der Waals surface area contributed by atoms with Gasteiger partial charge in [0.2, 0.25) is 0 Å². The molecule has 0 unspecified atom stereocenters. The molecular formula is C14H23NO2. The molecule has 3 nitrogen and oxygen atoms in total. The molecule has 0 aromatic heterocycles. The molecule has 0 amide bonds. The number of hydrogen-bond donors (Lipinski definition) is 1. The Morgan fingerprint density at radius 1 is 1.18 bits per heavy atom. The number of nitrogens with one attached hydrogen (secondary N) is 1. The van der Waals surface area contributed by atoms with Gasteiger partial charge < -0.3 is 14.8 Å². The zero-order valence-electron chi connectivity index (χ0n) is 11.1. The van der Waals surface area contributed by atoms with E-state index in [4.69, 9.17) is 9.47 Å². The van der Waals surface area contributed by atoms with E-state index in [-0.39, 0.29) is 0 Å². The molecule has 0 radical (unpaired) electrons. The predicted molar refractivity (Wildman–Crippen MR) is 70.8 cm³/mol. The fraction of sp³-hybridized carbons (Fsp3) is 0.571. The van der Waals surface area contributed by atoms with Crippen molar-refractivity contribution in [3.8, 4) is 11.5 Å². The van der Waals surface area contributed by atoms with Crippen molar-refractivity contribution in [3.63, 3.8) is 0 Å². The number of hydrogen-bond acceptors (Lipinski definition) is 3. The van der Waals surface area contributed by atoms with Crippen LogP contribution in [0, 0.1) is 0 Å². The summed E-state index contributed by atoms with van der Waals surface area (Å²) in [5, 5.41) is 3.38. The highest BCUT2D eigenvalue weighted by Crippen LogP contribution is 2.31. The second-order valence-electron chi connectivity index (χ2n) is 3.97. The first kappa shape index (κ1) is 13.8. The van der Waals surface area contributed by atoms with Gasteiger partial charge in [-0.15, -0.1) is 0 Å². The molecule has 0 aliphatic rings. The van der Waals surface area contributed by atoms with Crippen LogP contribution in [0.3, 0.4) is 0 Å². The monoisotopic (exact) mass is 237 g/mol. The smallest absolute Gasteiger partial charge is 0.165 e. The van der Waals surface area contributed by atoms with Crippen LogP contribution in [0.4, 0.5) is 0 Å². The van der Waals surface area contributed by atoms with E-state index < -0.39 is 0 Å². The quantitative estimate of drug-likeness (QED) is 0.705. The molecule has 0 atom stereocenters. The summed E-state index contributed by atoms with van der Waals surface area (Å²) < 4.78 is 11.1. The first-order chi connectivity index (χ1) is 8.33. The predicted octanol–water partition coefficient (Wildman–Crippen LogP) is 2.98. The van der Waals surface area contributed by atoms with Gasteiger partial charge in [0.15, 0.2) is 11.5 Å². The molecule has 1 aromatic rings. The molecule has 0 aliphatic carbocycles. The highest BCUT2D eigenvalue weighted by Gasteiger charge is 2.09. The number of rotatable bonds is 8. The SMILES string of the molecule is CCCNCc1cccc(OC)c1OCCC. The molecule has 96 valence electrons. The normalized spacial score (nSPS) is 10.3. The van der Waals surface area contributed by atoms with Crippen molar-refractivity contribution in [2.24, 2.45) is 0 Å². The summed E-state index contributed by atoms with van der Waals surface area (Å²) in [6.45, 7) is 6.83. The summed E-state index contributed by atoms with van der Waals surface area (Å²) in [5.41, 5.74) is 1.16. The maximum absolute atomic E-state index is 5.77. The van der Waals surface area contributed by atoms with Crippen molar-refractivity contribution in [1.29, 1.82) is 0 Å². The highest BCUT2D eigenvalue weighted by molar-refractivity contribution is 5.46. The van der Waals surface area contributed by atoms with E-state index in [1.807, 2.05) is 12.1 Å². The summed E-state index contributed by atoms with van der Waals surface area (Å²) >= 11 is 0. The van der Waals surface area contributed by atoms with Gasteiger partial charge in [0, 0.05) is 12.1 Å². The van der Waals surface area contributed by atoms with E-state index in [0.717, 1.165) is 49.6 Å². The third kappa shape index (κ3) is 4.27. The molecule has 1 N–H and O–H groups in total. The molecule has 1 aromatic carbocycles. The van der Waals surface area contributed by atoms with E-state index in [9.17, 15) is 0 Å². The van der Waals surface area contributed by atoms with Crippen LogP contribution in [0.1, 0.15) is 32.3 Å². The second-order valence-corrected chi connectivity index (χ2v) is 3.97. The van der Waals surface area contributed by atoms with E-state index in [2.05, 4.69) is 25.2 Å². The van der Waals surface area contributed by atoms with Crippen molar-refractivity contribution in [2.75, 3.05) is 20.3 Å². The van der Waals surface area contributed by atoms with Gasteiger partial charge in [0.05, 0.1) is 13.7 Å². The van der Waals surface area contributed by atoms with Crippen LogP contribution in [0.2, 0.25) is 0 Å². The van der Waals surface area contributed by atoms with Gasteiger partial charge in [-0.25, -0.2) is 0 Å². The lowest BCUT2D eigenvalue weighted by molar-refractivity contribution is 0.290. The molecular weight excluding hydrogens is 214 g/mol. The van der Waals surface area contributed by atoms with Gasteiger partial charge in [-0.2, -0.15) is 0 Å². The zero-order valence-corrected chi connectivity index (χ0v) is 11.1. The number of methoxy groups -OCH3 is 1. The molecule has 0 saturated carbocycles. The topological polar surface area (TPSA) is 30.5 Å². The van der Waals surface area contributed by atoms with E-state index in [1.165, 1.54) is 0 Å². The van der Waals surface area contributed by atoms with Crippen LogP contribution in [0.5, 0.6) is 11.5 Å². The molecule has 17 heavy (non-hydrogen) atoms. The zero-order chi connectivity index (χ0) is 12.5. The summed E-state index contributed by atoms with van der Waals surface area (Å²) in [4.78, 5) is 0. The molecule has 0 heterocycles. The molecule has 0 bridgehead atoms. The highest BCUT2D eigenvalue weighted by atomic mass is 16.5. The molecule has 0 aliphatic heterocycles. The van der Waals surface area contributed by atoms with Gasteiger partial charge >= 0.3 is 0 Å². The molecule has 0 spiro atoms. The summed E-state index contributed by atoms with van der Waals surface area (Å²) in [7, 11) is 1.68.